The van der Waals surface area contributed by atoms with E-state index in [-0.39, 0.29) is 18.0 Å². The number of hydrogen-bond donors (Lipinski definition) is 2. The monoisotopic (exact) mass is 321 g/mol. The van der Waals surface area contributed by atoms with E-state index in [9.17, 15) is 4.79 Å². The average Bonchev–Trinajstić information content (AvgIpc) is 3.07. The molecule has 5 nitrogen and oxygen atoms in total. The maximum absolute atomic E-state index is 12.2. The molecule has 130 valence electrons. The van der Waals surface area contributed by atoms with Gasteiger partial charge in [-0.25, -0.2) is 0 Å². The van der Waals surface area contributed by atoms with Gasteiger partial charge in [-0.2, -0.15) is 0 Å². The average molecular weight is 321 g/mol. The van der Waals surface area contributed by atoms with Crippen molar-refractivity contribution >= 4 is 5.91 Å². The largest absolute Gasteiger partial charge is 0.468 e. The zero-order valence-electron chi connectivity index (χ0n) is 14.7. The standard InChI is InChI=1S/C18H31N3O2/c1-14(18(22)20-12-15-8-5-4-6-9-15)19-13-16(21(2)3)17-10-7-11-23-17/h7,10-11,14-16,19H,4-6,8-9,12-13H2,1-3H3,(H,20,22)/t14-,16-/m1/s1. The minimum atomic E-state index is -0.198. The second-order valence-electron chi connectivity index (χ2n) is 6.87. The van der Waals surface area contributed by atoms with Gasteiger partial charge in [-0.05, 0) is 51.9 Å². The second kappa shape index (κ2) is 9.08. The highest BCUT2D eigenvalue weighted by atomic mass is 16.3. The van der Waals surface area contributed by atoms with Crippen LogP contribution in [0.1, 0.15) is 50.8 Å². The molecule has 1 aromatic heterocycles. The summed E-state index contributed by atoms with van der Waals surface area (Å²) in [6.07, 6.45) is 8.16. The van der Waals surface area contributed by atoms with Crippen LogP contribution in [0.5, 0.6) is 0 Å². The topological polar surface area (TPSA) is 57.5 Å². The number of nitrogens with zero attached hydrogens (tertiary/aromatic N) is 1. The number of furan rings is 1. The Kier molecular flexibility index (Phi) is 7.12. The van der Waals surface area contributed by atoms with Crippen LogP contribution in [0.4, 0.5) is 0 Å². The third-order valence-corrected chi connectivity index (χ3v) is 4.80. The summed E-state index contributed by atoms with van der Waals surface area (Å²) in [4.78, 5) is 14.3. The van der Waals surface area contributed by atoms with Gasteiger partial charge < -0.3 is 15.1 Å². The van der Waals surface area contributed by atoms with Crippen LogP contribution in [0.2, 0.25) is 0 Å². The molecule has 0 radical (unpaired) electrons. The van der Waals surface area contributed by atoms with Crippen molar-refractivity contribution in [3.63, 3.8) is 0 Å². The summed E-state index contributed by atoms with van der Waals surface area (Å²) in [7, 11) is 4.03. The van der Waals surface area contributed by atoms with Gasteiger partial charge in [-0.1, -0.05) is 19.3 Å². The maximum Gasteiger partial charge on any atom is 0.236 e. The van der Waals surface area contributed by atoms with Crippen molar-refractivity contribution in [2.75, 3.05) is 27.2 Å². The number of carbonyl (C=O) groups is 1. The van der Waals surface area contributed by atoms with Crippen LogP contribution < -0.4 is 10.6 Å². The van der Waals surface area contributed by atoms with E-state index < -0.39 is 0 Å². The molecule has 0 unspecified atom stereocenters. The van der Waals surface area contributed by atoms with Crippen LogP contribution >= 0.6 is 0 Å². The maximum atomic E-state index is 12.2. The molecular weight excluding hydrogens is 290 g/mol. The molecule has 2 N–H and O–H groups in total. The third kappa shape index (κ3) is 5.66. The van der Waals surface area contributed by atoms with E-state index in [2.05, 4.69) is 15.5 Å². The van der Waals surface area contributed by atoms with E-state index in [0.29, 0.717) is 12.5 Å². The van der Waals surface area contributed by atoms with Gasteiger partial charge in [-0.15, -0.1) is 0 Å². The predicted molar refractivity (Wildman–Crippen MR) is 92.2 cm³/mol. The molecule has 0 bridgehead atoms. The number of carbonyl (C=O) groups excluding carboxylic acids is 1. The molecular formula is C18H31N3O2. The molecule has 1 fully saturated rings. The SMILES string of the molecule is C[C@@H](NC[C@H](c1ccco1)N(C)C)C(=O)NCC1CCCCC1. The molecule has 1 heterocycles. The molecule has 1 amide bonds. The summed E-state index contributed by atoms with van der Waals surface area (Å²) in [5.74, 6) is 1.67. The van der Waals surface area contributed by atoms with E-state index in [1.54, 1.807) is 6.26 Å². The number of amides is 1. The first-order chi connectivity index (χ1) is 11.1. The van der Waals surface area contributed by atoms with Crippen LogP contribution in [0.25, 0.3) is 0 Å². The van der Waals surface area contributed by atoms with E-state index in [1.807, 2.05) is 33.2 Å². The first-order valence-corrected chi connectivity index (χ1v) is 8.79. The van der Waals surface area contributed by atoms with Crippen molar-refractivity contribution in [3.8, 4) is 0 Å². The molecule has 2 atom stereocenters. The summed E-state index contributed by atoms with van der Waals surface area (Å²) in [5, 5.41) is 6.43. The van der Waals surface area contributed by atoms with Crippen LogP contribution in [-0.2, 0) is 4.79 Å². The quantitative estimate of drug-likeness (QED) is 0.772. The molecule has 1 saturated carbocycles. The Morgan fingerprint density at radius 1 is 1.35 bits per heavy atom. The number of nitrogens with one attached hydrogen (secondary N) is 2. The molecule has 0 aliphatic heterocycles. The first kappa shape index (κ1) is 18.0. The minimum Gasteiger partial charge on any atom is -0.468 e. The summed E-state index contributed by atoms with van der Waals surface area (Å²) in [6, 6.07) is 3.79. The van der Waals surface area contributed by atoms with E-state index in [4.69, 9.17) is 4.42 Å². The van der Waals surface area contributed by atoms with Crippen molar-refractivity contribution in [1.82, 2.24) is 15.5 Å². The van der Waals surface area contributed by atoms with Gasteiger partial charge in [0.1, 0.15) is 5.76 Å². The van der Waals surface area contributed by atoms with Gasteiger partial charge in [0, 0.05) is 13.1 Å². The fourth-order valence-electron chi connectivity index (χ4n) is 3.19. The lowest BCUT2D eigenvalue weighted by molar-refractivity contribution is -0.123. The van der Waals surface area contributed by atoms with E-state index in [1.165, 1.54) is 32.1 Å². The molecule has 5 heteroatoms. The van der Waals surface area contributed by atoms with Crippen molar-refractivity contribution in [1.29, 1.82) is 0 Å². The lowest BCUT2D eigenvalue weighted by Gasteiger charge is -2.25. The Morgan fingerprint density at radius 2 is 2.09 bits per heavy atom. The minimum absolute atomic E-state index is 0.0903. The highest BCUT2D eigenvalue weighted by Gasteiger charge is 2.21. The Labute approximate surface area is 139 Å². The van der Waals surface area contributed by atoms with Crippen LogP contribution in [0.15, 0.2) is 22.8 Å². The molecule has 0 saturated heterocycles. The van der Waals surface area contributed by atoms with Crippen molar-refractivity contribution < 1.29 is 9.21 Å². The molecule has 23 heavy (non-hydrogen) atoms. The second-order valence-corrected chi connectivity index (χ2v) is 6.87. The molecule has 0 spiro atoms. The lowest BCUT2D eigenvalue weighted by Crippen LogP contribution is -2.46. The zero-order valence-corrected chi connectivity index (χ0v) is 14.7. The van der Waals surface area contributed by atoms with Gasteiger partial charge in [-0.3, -0.25) is 9.69 Å². The fraction of sp³-hybridized carbons (Fsp3) is 0.722. The van der Waals surface area contributed by atoms with Gasteiger partial charge in [0.25, 0.3) is 0 Å². The Hall–Kier alpha value is -1.33. The number of likely N-dealkylation sites (N-methyl/N-ethyl adjacent to an activating group) is 1. The predicted octanol–water partition coefficient (Wildman–Crippen LogP) is 2.56. The van der Waals surface area contributed by atoms with Gasteiger partial charge in [0.05, 0.1) is 18.3 Å². The normalized spacial score (nSPS) is 18.8. The molecule has 1 aliphatic carbocycles. The van der Waals surface area contributed by atoms with Gasteiger partial charge in [0.15, 0.2) is 0 Å². The van der Waals surface area contributed by atoms with Crippen molar-refractivity contribution in [2.45, 2.75) is 51.1 Å². The van der Waals surface area contributed by atoms with E-state index >= 15 is 0 Å². The molecule has 1 aromatic rings. The summed E-state index contributed by atoms with van der Waals surface area (Å²) in [5.41, 5.74) is 0. The van der Waals surface area contributed by atoms with Gasteiger partial charge >= 0.3 is 0 Å². The van der Waals surface area contributed by atoms with Crippen LogP contribution in [0, 0.1) is 5.92 Å². The van der Waals surface area contributed by atoms with Crippen LogP contribution in [0.3, 0.4) is 0 Å². The van der Waals surface area contributed by atoms with Crippen LogP contribution in [-0.4, -0.2) is 44.0 Å². The Morgan fingerprint density at radius 3 is 2.70 bits per heavy atom. The highest BCUT2D eigenvalue weighted by Crippen LogP contribution is 2.22. The van der Waals surface area contributed by atoms with Crippen molar-refractivity contribution in [3.05, 3.63) is 24.2 Å². The summed E-state index contributed by atoms with van der Waals surface area (Å²) >= 11 is 0. The Bertz CT molecular complexity index is 453. The highest BCUT2D eigenvalue weighted by molar-refractivity contribution is 5.81. The van der Waals surface area contributed by atoms with E-state index in [0.717, 1.165) is 12.3 Å². The molecule has 2 rings (SSSR count). The lowest BCUT2D eigenvalue weighted by atomic mass is 9.89. The third-order valence-electron chi connectivity index (χ3n) is 4.80. The number of rotatable bonds is 8. The fourth-order valence-corrected chi connectivity index (χ4v) is 3.19. The summed E-state index contributed by atoms with van der Waals surface area (Å²) < 4.78 is 5.49. The van der Waals surface area contributed by atoms with Crippen molar-refractivity contribution in [2.24, 2.45) is 5.92 Å². The molecule has 1 aliphatic rings. The molecule has 0 aromatic carbocycles. The van der Waals surface area contributed by atoms with Gasteiger partial charge in [0.2, 0.25) is 5.91 Å². The first-order valence-electron chi connectivity index (χ1n) is 8.79. The number of hydrogen-bond acceptors (Lipinski definition) is 4. The zero-order chi connectivity index (χ0) is 16.7. The Balaban J connectivity index is 1.74. The smallest absolute Gasteiger partial charge is 0.236 e. The summed E-state index contributed by atoms with van der Waals surface area (Å²) in [6.45, 7) is 3.42.